The Balaban J connectivity index is 2.04. The molecule has 7 heteroatoms. The van der Waals surface area contributed by atoms with E-state index in [9.17, 15) is 22.4 Å². The number of halogens is 4. The SMILES string of the molecule is NC(=O)c1cccc2c1c1[c]cc(C(F)(F)F)cc1n2Cc1ccc(F)cc1. The molecule has 0 saturated carbocycles. The van der Waals surface area contributed by atoms with Crippen LogP contribution >= 0.6 is 0 Å². The van der Waals surface area contributed by atoms with E-state index in [1.54, 1.807) is 28.8 Å². The number of carbonyl (C=O) groups excluding carboxylic acids is 1. The first-order chi connectivity index (χ1) is 13.3. The maximum Gasteiger partial charge on any atom is 0.416 e. The Labute approximate surface area is 157 Å². The first-order valence-electron chi connectivity index (χ1n) is 8.34. The minimum absolute atomic E-state index is 0.192. The molecule has 4 rings (SSSR count). The summed E-state index contributed by atoms with van der Waals surface area (Å²) in [6.07, 6.45) is -4.53. The highest BCUT2D eigenvalue weighted by atomic mass is 19.4. The molecule has 0 spiro atoms. The Morgan fingerprint density at radius 3 is 2.43 bits per heavy atom. The van der Waals surface area contributed by atoms with Gasteiger partial charge in [-0.25, -0.2) is 4.39 Å². The molecule has 2 N–H and O–H groups in total. The second kappa shape index (κ2) is 6.37. The Kier molecular flexibility index (Phi) is 4.10. The summed E-state index contributed by atoms with van der Waals surface area (Å²) in [7, 11) is 0. The minimum Gasteiger partial charge on any atom is -0.366 e. The summed E-state index contributed by atoms with van der Waals surface area (Å²) in [6.45, 7) is 0.192. The third-order valence-electron chi connectivity index (χ3n) is 4.64. The lowest BCUT2D eigenvalue weighted by Gasteiger charge is -2.10. The van der Waals surface area contributed by atoms with Crippen molar-refractivity contribution in [1.29, 1.82) is 0 Å². The number of nitrogens with two attached hydrogens (primary N) is 1. The Bertz CT molecular complexity index is 1210. The lowest BCUT2D eigenvalue weighted by Crippen LogP contribution is -2.11. The van der Waals surface area contributed by atoms with E-state index in [2.05, 4.69) is 6.07 Å². The van der Waals surface area contributed by atoms with Gasteiger partial charge in [-0.15, -0.1) is 0 Å². The van der Waals surface area contributed by atoms with Crippen LogP contribution in [0.3, 0.4) is 0 Å². The van der Waals surface area contributed by atoms with Crippen LogP contribution in [0.25, 0.3) is 21.8 Å². The molecule has 1 heterocycles. The van der Waals surface area contributed by atoms with Crippen molar-refractivity contribution in [3.63, 3.8) is 0 Å². The van der Waals surface area contributed by atoms with E-state index in [4.69, 9.17) is 5.73 Å². The molecule has 3 aromatic carbocycles. The molecule has 0 aliphatic heterocycles. The molecule has 1 amide bonds. The van der Waals surface area contributed by atoms with E-state index in [1.165, 1.54) is 18.2 Å². The van der Waals surface area contributed by atoms with Gasteiger partial charge in [0.15, 0.2) is 0 Å². The van der Waals surface area contributed by atoms with Crippen LogP contribution in [0.5, 0.6) is 0 Å². The van der Waals surface area contributed by atoms with Crippen molar-refractivity contribution < 1.29 is 22.4 Å². The molecule has 28 heavy (non-hydrogen) atoms. The van der Waals surface area contributed by atoms with Gasteiger partial charge >= 0.3 is 6.18 Å². The lowest BCUT2D eigenvalue weighted by atomic mass is 10.0. The summed E-state index contributed by atoms with van der Waals surface area (Å²) >= 11 is 0. The smallest absolute Gasteiger partial charge is 0.366 e. The van der Waals surface area contributed by atoms with E-state index in [-0.39, 0.29) is 17.6 Å². The molecule has 4 aromatic rings. The molecule has 0 atom stereocenters. The fourth-order valence-electron chi connectivity index (χ4n) is 3.37. The number of nitrogens with zero attached hydrogens (tertiary/aromatic N) is 1. The zero-order valence-corrected chi connectivity index (χ0v) is 14.3. The van der Waals surface area contributed by atoms with Gasteiger partial charge < -0.3 is 10.3 Å². The second-order valence-corrected chi connectivity index (χ2v) is 6.42. The van der Waals surface area contributed by atoms with E-state index in [1.807, 2.05) is 0 Å². The molecule has 141 valence electrons. The van der Waals surface area contributed by atoms with Crippen LogP contribution in [-0.2, 0) is 12.7 Å². The average Bonchev–Trinajstić information content (AvgIpc) is 2.96. The number of fused-ring (bicyclic) bond motifs is 3. The summed E-state index contributed by atoms with van der Waals surface area (Å²) in [6, 6.07) is 15.1. The summed E-state index contributed by atoms with van der Waals surface area (Å²) in [5.41, 5.74) is 6.34. The highest BCUT2D eigenvalue weighted by Crippen LogP contribution is 2.36. The van der Waals surface area contributed by atoms with Gasteiger partial charge in [0.05, 0.1) is 16.6 Å². The summed E-state index contributed by atoms with van der Waals surface area (Å²) in [5, 5.41) is 0.820. The molecule has 0 saturated heterocycles. The highest BCUT2D eigenvalue weighted by Gasteiger charge is 2.31. The molecular weight excluding hydrogens is 372 g/mol. The zero-order chi connectivity index (χ0) is 20.1. The van der Waals surface area contributed by atoms with E-state index >= 15 is 0 Å². The van der Waals surface area contributed by atoms with E-state index < -0.39 is 23.5 Å². The third-order valence-corrected chi connectivity index (χ3v) is 4.64. The predicted molar refractivity (Wildman–Crippen MR) is 97.3 cm³/mol. The molecule has 1 radical (unpaired) electrons. The Morgan fingerprint density at radius 1 is 1.07 bits per heavy atom. The molecule has 1 aromatic heterocycles. The van der Waals surface area contributed by atoms with Gasteiger partial charge in [-0.3, -0.25) is 4.79 Å². The van der Waals surface area contributed by atoms with E-state index in [0.717, 1.165) is 12.1 Å². The van der Waals surface area contributed by atoms with Crippen LogP contribution in [0.4, 0.5) is 17.6 Å². The second-order valence-electron chi connectivity index (χ2n) is 6.42. The summed E-state index contributed by atoms with van der Waals surface area (Å²) in [4.78, 5) is 11.9. The van der Waals surface area contributed by atoms with Gasteiger partial charge in [0.25, 0.3) is 0 Å². The van der Waals surface area contributed by atoms with Crippen molar-refractivity contribution in [1.82, 2.24) is 4.57 Å². The molecule has 0 bridgehead atoms. The number of primary amides is 1. The number of rotatable bonds is 3. The fourth-order valence-corrected chi connectivity index (χ4v) is 3.37. The number of aromatic nitrogens is 1. The largest absolute Gasteiger partial charge is 0.416 e. The van der Waals surface area contributed by atoms with Crippen molar-refractivity contribution in [2.75, 3.05) is 0 Å². The number of hydrogen-bond donors (Lipinski definition) is 1. The minimum atomic E-state index is -4.53. The predicted octanol–water partition coefficient (Wildman–Crippen LogP) is 4.90. The molecule has 3 nitrogen and oxygen atoms in total. The monoisotopic (exact) mass is 385 g/mol. The van der Waals surface area contributed by atoms with Gasteiger partial charge in [-0.05, 0) is 48.0 Å². The van der Waals surface area contributed by atoms with Gasteiger partial charge in [-0.1, -0.05) is 18.2 Å². The van der Waals surface area contributed by atoms with Gasteiger partial charge in [0, 0.05) is 22.9 Å². The number of amides is 1. The normalized spacial score (nSPS) is 12.0. The van der Waals surface area contributed by atoms with Crippen LogP contribution < -0.4 is 5.73 Å². The van der Waals surface area contributed by atoms with Crippen LogP contribution in [-0.4, -0.2) is 10.5 Å². The van der Waals surface area contributed by atoms with Crippen molar-refractivity contribution in [2.24, 2.45) is 5.73 Å². The number of carbonyl (C=O) groups is 1. The Hall–Kier alpha value is -3.35. The summed E-state index contributed by atoms with van der Waals surface area (Å²) < 4.78 is 54.6. The van der Waals surface area contributed by atoms with Crippen LogP contribution in [0.2, 0.25) is 0 Å². The van der Waals surface area contributed by atoms with Gasteiger partial charge in [0.2, 0.25) is 5.91 Å². The first kappa shape index (κ1) is 18.0. The summed E-state index contributed by atoms with van der Waals surface area (Å²) in [5.74, 6) is -1.09. The fraction of sp³-hybridized carbons (Fsp3) is 0.0952. The number of hydrogen-bond acceptors (Lipinski definition) is 1. The molecular formula is C21H13F4N2O. The maximum atomic E-state index is 13.2. The third kappa shape index (κ3) is 2.98. The van der Waals surface area contributed by atoms with Crippen molar-refractivity contribution in [3.8, 4) is 0 Å². The standard InChI is InChI=1S/C21H13F4N2O/c22-14-7-4-12(5-8-14)11-27-17-3-1-2-16(20(26)28)19(17)15-9-6-13(10-18(15)27)21(23,24)25/h1-8,10H,11H2,(H2,26,28). The van der Waals surface area contributed by atoms with Crippen molar-refractivity contribution in [3.05, 3.63) is 83.2 Å². The van der Waals surface area contributed by atoms with Crippen molar-refractivity contribution in [2.45, 2.75) is 12.7 Å². The maximum absolute atomic E-state index is 13.2. The average molecular weight is 385 g/mol. The molecule has 0 aliphatic rings. The zero-order valence-electron chi connectivity index (χ0n) is 14.3. The molecule has 0 fully saturated rings. The number of benzene rings is 3. The Morgan fingerprint density at radius 2 is 1.79 bits per heavy atom. The highest BCUT2D eigenvalue weighted by molar-refractivity contribution is 6.17. The molecule has 0 aliphatic carbocycles. The van der Waals surface area contributed by atoms with Crippen LogP contribution in [0, 0.1) is 11.9 Å². The van der Waals surface area contributed by atoms with Crippen molar-refractivity contribution >= 4 is 27.7 Å². The first-order valence-corrected chi connectivity index (χ1v) is 8.34. The van der Waals surface area contributed by atoms with Gasteiger partial charge in [0.1, 0.15) is 5.82 Å². The van der Waals surface area contributed by atoms with Crippen LogP contribution in [0.1, 0.15) is 21.5 Å². The number of alkyl halides is 3. The van der Waals surface area contributed by atoms with Gasteiger partial charge in [-0.2, -0.15) is 13.2 Å². The van der Waals surface area contributed by atoms with Crippen LogP contribution in [0.15, 0.2) is 54.6 Å². The quantitative estimate of drug-likeness (QED) is 0.501. The van der Waals surface area contributed by atoms with E-state index in [0.29, 0.717) is 21.9 Å². The molecule has 0 unspecified atom stereocenters. The topological polar surface area (TPSA) is 48.0 Å². The lowest BCUT2D eigenvalue weighted by molar-refractivity contribution is -0.137.